The lowest BCUT2D eigenvalue weighted by Gasteiger charge is -2.18. The molecule has 1 aromatic carbocycles. The van der Waals surface area contributed by atoms with Crippen LogP contribution in [0.3, 0.4) is 0 Å². The number of carbonyl (C=O) groups is 1. The molecule has 19 heavy (non-hydrogen) atoms. The van der Waals surface area contributed by atoms with Crippen LogP contribution in [0.25, 0.3) is 0 Å². The van der Waals surface area contributed by atoms with Crippen LogP contribution in [0.2, 0.25) is 5.02 Å². The maximum absolute atomic E-state index is 12.1. The van der Waals surface area contributed by atoms with E-state index in [9.17, 15) is 4.79 Å². The molecule has 2 unspecified atom stereocenters. The van der Waals surface area contributed by atoms with Gasteiger partial charge in [0, 0.05) is 21.4 Å². The largest absolute Gasteiger partial charge is 0.352 e. The molecule has 1 N–H and O–H groups in total. The van der Waals surface area contributed by atoms with Crippen molar-refractivity contribution in [1.82, 2.24) is 5.32 Å². The van der Waals surface area contributed by atoms with E-state index in [-0.39, 0.29) is 5.91 Å². The van der Waals surface area contributed by atoms with Crippen molar-refractivity contribution in [2.75, 3.05) is 11.9 Å². The quantitative estimate of drug-likeness (QED) is 0.721. The van der Waals surface area contributed by atoms with E-state index in [1.807, 2.05) is 0 Å². The van der Waals surface area contributed by atoms with Crippen molar-refractivity contribution in [2.24, 2.45) is 11.8 Å². The monoisotopic (exact) mass is 407 g/mol. The average molecular weight is 410 g/mol. The topological polar surface area (TPSA) is 29.1 Å². The number of alkyl halides is 1. The van der Waals surface area contributed by atoms with E-state index in [2.05, 4.69) is 37.2 Å². The standard InChI is InChI=1S/C14H16Br2ClNO/c15-7-9-2-1-3-10(9)8-18-14(19)12-5-4-11(17)6-13(12)16/h4-6,9-10H,1-3,7-8H2,(H,18,19). The zero-order valence-electron chi connectivity index (χ0n) is 10.5. The van der Waals surface area contributed by atoms with Gasteiger partial charge in [0.1, 0.15) is 0 Å². The molecule has 1 fully saturated rings. The Labute approximate surface area is 135 Å². The van der Waals surface area contributed by atoms with Crippen LogP contribution >= 0.6 is 43.5 Å². The van der Waals surface area contributed by atoms with Crippen LogP contribution in [0.5, 0.6) is 0 Å². The van der Waals surface area contributed by atoms with E-state index >= 15 is 0 Å². The van der Waals surface area contributed by atoms with Gasteiger partial charge in [-0.25, -0.2) is 0 Å². The first-order chi connectivity index (χ1) is 9.11. The van der Waals surface area contributed by atoms with Gasteiger partial charge in [-0.1, -0.05) is 34.0 Å². The second-order valence-electron chi connectivity index (χ2n) is 4.94. The minimum atomic E-state index is -0.0382. The van der Waals surface area contributed by atoms with E-state index in [1.54, 1.807) is 18.2 Å². The van der Waals surface area contributed by atoms with Crippen LogP contribution in [0.15, 0.2) is 22.7 Å². The van der Waals surface area contributed by atoms with Crippen molar-refractivity contribution in [3.8, 4) is 0 Å². The van der Waals surface area contributed by atoms with Gasteiger partial charge in [-0.2, -0.15) is 0 Å². The lowest BCUT2D eigenvalue weighted by molar-refractivity contribution is 0.0944. The highest BCUT2D eigenvalue weighted by Gasteiger charge is 2.26. The van der Waals surface area contributed by atoms with Crippen molar-refractivity contribution in [2.45, 2.75) is 19.3 Å². The molecule has 1 aliphatic carbocycles. The van der Waals surface area contributed by atoms with Gasteiger partial charge in [0.25, 0.3) is 5.91 Å². The van der Waals surface area contributed by atoms with Gasteiger partial charge in [0.15, 0.2) is 0 Å². The number of benzene rings is 1. The van der Waals surface area contributed by atoms with Crippen molar-refractivity contribution in [1.29, 1.82) is 0 Å². The van der Waals surface area contributed by atoms with Gasteiger partial charge in [-0.15, -0.1) is 0 Å². The molecule has 5 heteroatoms. The first-order valence-electron chi connectivity index (χ1n) is 6.41. The first kappa shape index (κ1) is 15.3. The van der Waals surface area contributed by atoms with E-state index in [4.69, 9.17) is 11.6 Å². The smallest absolute Gasteiger partial charge is 0.252 e. The molecule has 0 aliphatic heterocycles. The minimum Gasteiger partial charge on any atom is -0.352 e. The fourth-order valence-corrected chi connectivity index (χ4v) is 4.29. The highest BCUT2D eigenvalue weighted by atomic mass is 79.9. The highest BCUT2D eigenvalue weighted by Crippen LogP contribution is 2.32. The van der Waals surface area contributed by atoms with Crippen LogP contribution in [0.1, 0.15) is 29.6 Å². The third-order valence-corrected chi connectivity index (χ3v) is 5.44. The SMILES string of the molecule is O=C(NCC1CCCC1CBr)c1ccc(Cl)cc1Br. The highest BCUT2D eigenvalue weighted by molar-refractivity contribution is 9.10. The van der Waals surface area contributed by atoms with Crippen molar-refractivity contribution in [3.63, 3.8) is 0 Å². The molecule has 0 radical (unpaired) electrons. The Balaban J connectivity index is 1.94. The van der Waals surface area contributed by atoms with Crippen molar-refractivity contribution >= 4 is 49.4 Å². The Morgan fingerprint density at radius 1 is 1.37 bits per heavy atom. The number of hydrogen-bond donors (Lipinski definition) is 1. The second kappa shape index (κ2) is 7.09. The summed E-state index contributed by atoms with van der Waals surface area (Å²) < 4.78 is 0.737. The maximum atomic E-state index is 12.1. The van der Waals surface area contributed by atoms with Crippen LogP contribution in [-0.4, -0.2) is 17.8 Å². The number of halogens is 3. The predicted octanol–water partition coefficient (Wildman–Crippen LogP) is 4.64. The molecule has 2 nitrogen and oxygen atoms in total. The summed E-state index contributed by atoms with van der Waals surface area (Å²) in [5, 5.41) is 4.68. The van der Waals surface area contributed by atoms with Crippen LogP contribution in [0.4, 0.5) is 0 Å². The molecule has 0 saturated heterocycles. The lowest BCUT2D eigenvalue weighted by atomic mass is 9.98. The van der Waals surface area contributed by atoms with Gasteiger partial charge in [0.05, 0.1) is 5.56 Å². The molecular formula is C14H16Br2ClNO. The molecule has 0 bridgehead atoms. The van der Waals surface area contributed by atoms with E-state index in [1.165, 1.54) is 19.3 Å². The van der Waals surface area contributed by atoms with Gasteiger partial charge < -0.3 is 5.32 Å². The normalized spacial score (nSPS) is 22.5. The zero-order valence-corrected chi connectivity index (χ0v) is 14.4. The third-order valence-electron chi connectivity index (χ3n) is 3.72. The molecule has 0 heterocycles. The van der Waals surface area contributed by atoms with Gasteiger partial charge in [-0.05, 0) is 58.8 Å². The maximum Gasteiger partial charge on any atom is 0.252 e. The number of nitrogens with one attached hydrogen (secondary N) is 1. The number of carbonyl (C=O) groups excluding carboxylic acids is 1. The fourth-order valence-electron chi connectivity index (χ4n) is 2.58. The number of amides is 1. The molecule has 1 aromatic rings. The van der Waals surface area contributed by atoms with Crippen LogP contribution in [-0.2, 0) is 0 Å². The summed E-state index contributed by atoms with van der Waals surface area (Å²) in [6, 6.07) is 5.23. The molecule has 2 rings (SSSR count). The van der Waals surface area contributed by atoms with Crippen LogP contribution in [0, 0.1) is 11.8 Å². The van der Waals surface area contributed by atoms with E-state index in [0.29, 0.717) is 22.4 Å². The average Bonchev–Trinajstić information content (AvgIpc) is 2.83. The molecule has 2 atom stereocenters. The summed E-state index contributed by atoms with van der Waals surface area (Å²) in [5.74, 6) is 1.24. The summed E-state index contributed by atoms with van der Waals surface area (Å²) in [5.41, 5.74) is 0.637. The lowest BCUT2D eigenvalue weighted by Crippen LogP contribution is -2.31. The van der Waals surface area contributed by atoms with Gasteiger partial charge >= 0.3 is 0 Å². The molecule has 104 valence electrons. The minimum absolute atomic E-state index is 0.0382. The Hall–Kier alpha value is -0.0600. The Morgan fingerprint density at radius 3 is 2.79 bits per heavy atom. The number of rotatable bonds is 4. The zero-order chi connectivity index (χ0) is 13.8. The summed E-state index contributed by atoms with van der Waals surface area (Å²) in [4.78, 5) is 12.1. The Morgan fingerprint density at radius 2 is 2.11 bits per heavy atom. The molecule has 0 aromatic heterocycles. The Bertz CT molecular complexity index is 467. The number of hydrogen-bond acceptors (Lipinski definition) is 1. The predicted molar refractivity (Wildman–Crippen MR) is 86.1 cm³/mol. The van der Waals surface area contributed by atoms with Gasteiger partial charge in [-0.3, -0.25) is 4.79 Å². The molecule has 1 saturated carbocycles. The Kier molecular flexibility index (Phi) is 5.72. The second-order valence-corrected chi connectivity index (χ2v) is 6.88. The summed E-state index contributed by atoms with van der Waals surface area (Å²) in [6.07, 6.45) is 3.73. The van der Waals surface area contributed by atoms with Crippen LogP contribution < -0.4 is 5.32 Å². The van der Waals surface area contributed by atoms with Crippen molar-refractivity contribution < 1.29 is 4.79 Å². The van der Waals surface area contributed by atoms with E-state index < -0.39 is 0 Å². The summed E-state index contributed by atoms with van der Waals surface area (Å²) in [7, 11) is 0. The summed E-state index contributed by atoms with van der Waals surface area (Å²) >= 11 is 12.8. The first-order valence-corrected chi connectivity index (χ1v) is 8.70. The third kappa shape index (κ3) is 3.96. The molecule has 1 aliphatic rings. The molecule has 1 amide bonds. The molecule has 0 spiro atoms. The fraction of sp³-hybridized carbons (Fsp3) is 0.500. The molecular weight excluding hydrogens is 393 g/mol. The van der Waals surface area contributed by atoms with E-state index in [0.717, 1.165) is 16.3 Å². The van der Waals surface area contributed by atoms with Gasteiger partial charge in [0.2, 0.25) is 0 Å². The summed E-state index contributed by atoms with van der Waals surface area (Å²) in [6.45, 7) is 0.754. The van der Waals surface area contributed by atoms with Crippen molar-refractivity contribution in [3.05, 3.63) is 33.3 Å².